The van der Waals surface area contributed by atoms with Crippen LogP contribution in [-0.2, 0) is 4.74 Å². The fraction of sp³-hybridized carbons (Fsp3) is 0.941. The minimum Gasteiger partial charge on any atom is -0.378 e. The van der Waals surface area contributed by atoms with Gasteiger partial charge in [-0.3, -0.25) is 5.32 Å². The number of hydrogen-bond donors (Lipinski definition) is 1. The van der Waals surface area contributed by atoms with E-state index in [9.17, 15) is 5.26 Å². The quantitative estimate of drug-likeness (QED) is 0.540. The predicted molar refractivity (Wildman–Crippen MR) is 81.5 cm³/mol. The maximum absolute atomic E-state index is 9.31. The van der Waals surface area contributed by atoms with Crippen molar-refractivity contribution in [2.75, 3.05) is 6.61 Å². The highest BCUT2D eigenvalue weighted by Gasteiger charge is 2.31. The molecule has 0 aromatic heterocycles. The molecule has 0 aromatic carbocycles. The topological polar surface area (TPSA) is 45.0 Å². The lowest BCUT2D eigenvalue weighted by atomic mass is 9.96. The van der Waals surface area contributed by atoms with Crippen molar-refractivity contribution in [3.63, 3.8) is 0 Å². The first kappa shape index (κ1) is 15.8. The lowest BCUT2D eigenvalue weighted by molar-refractivity contribution is 0.0403. The molecule has 2 saturated carbocycles. The molecule has 0 heterocycles. The molecule has 2 fully saturated rings. The molecular weight excluding hydrogens is 248 g/mol. The Hall–Kier alpha value is -0.590. The van der Waals surface area contributed by atoms with Gasteiger partial charge in [-0.25, -0.2) is 0 Å². The highest BCUT2D eigenvalue weighted by atomic mass is 16.5. The number of nitrogens with one attached hydrogen (secondary N) is 1. The van der Waals surface area contributed by atoms with E-state index in [4.69, 9.17) is 4.74 Å². The molecule has 0 radical (unpaired) electrons. The minimum atomic E-state index is -0.330. The summed E-state index contributed by atoms with van der Waals surface area (Å²) in [7, 11) is 0. The standard InChI is InChI=1S/C17H30N2O/c1-17(14-18,19-15-10-11-15)12-6-7-13-20-16-8-4-2-3-5-9-16/h15-16,19H,2-13H2,1H3. The molecule has 20 heavy (non-hydrogen) atoms. The number of nitrogens with zero attached hydrogens (tertiary/aromatic N) is 1. The molecule has 1 unspecified atom stereocenters. The van der Waals surface area contributed by atoms with Crippen molar-refractivity contribution in [2.24, 2.45) is 0 Å². The summed E-state index contributed by atoms with van der Waals surface area (Å²) in [4.78, 5) is 0. The van der Waals surface area contributed by atoms with E-state index in [1.807, 2.05) is 6.92 Å². The first-order chi connectivity index (χ1) is 9.72. The summed E-state index contributed by atoms with van der Waals surface area (Å²) in [5.74, 6) is 0. The fourth-order valence-corrected chi connectivity index (χ4v) is 3.08. The van der Waals surface area contributed by atoms with E-state index in [0.717, 1.165) is 25.9 Å². The minimum absolute atomic E-state index is 0.330. The lowest BCUT2D eigenvalue weighted by Crippen LogP contribution is -2.42. The fourth-order valence-electron chi connectivity index (χ4n) is 3.08. The molecule has 0 saturated heterocycles. The van der Waals surface area contributed by atoms with E-state index >= 15 is 0 Å². The molecule has 0 bridgehead atoms. The Morgan fingerprint density at radius 1 is 1.10 bits per heavy atom. The van der Waals surface area contributed by atoms with Gasteiger partial charge < -0.3 is 4.74 Å². The highest BCUT2D eigenvalue weighted by Crippen LogP contribution is 2.25. The van der Waals surface area contributed by atoms with Gasteiger partial charge in [0.2, 0.25) is 0 Å². The lowest BCUT2D eigenvalue weighted by Gasteiger charge is -2.23. The monoisotopic (exact) mass is 278 g/mol. The second-order valence-electron chi connectivity index (χ2n) is 6.80. The molecular formula is C17H30N2O. The zero-order valence-electron chi connectivity index (χ0n) is 13.0. The Kier molecular flexibility index (Phi) is 6.32. The van der Waals surface area contributed by atoms with E-state index in [1.54, 1.807) is 0 Å². The number of nitriles is 1. The molecule has 0 aromatic rings. The predicted octanol–water partition coefficient (Wildman–Crippen LogP) is 3.93. The molecule has 3 heteroatoms. The zero-order chi connectivity index (χ0) is 14.3. The molecule has 2 aliphatic carbocycles. The highest BCUT2D eigenvalue weighted by molar-refractivity contribution is 5.06. The normalized spacial score (nSPS) is 23.8. The summed E-state index contributed by atoms with van der Waals surface area (Å²) in [6.07, 6.45) is 14.0. The van der Waals surface area contributed by atoms with Crippen LogP contribution in [0.4, 0.5) is 0 Å². The number of hydrogen-bond acceptors (Lipinski definition) is 3. The molecule has 1 atom stereocenters. The van der Waals surface area contributed by atoms with Crippen molar-refractivity contribution in [1.82, 2.24) is 5.32 Å². The molecule has 2 rings (SSSR count). The molecule has 0 aliphatic heterocycles. The Bertz CT molecular complexity index is 313. The van der Waals surface area contributed by atoms with Crippen molar-refractivity contribution >= 4 is 0 Å². The van der Waals surface area contributed by atoms with Crippen LogP contribution in [0.1, 0.15) is 77.6 Å². The van der Waals surface area contributed by atoms with E-state index in [0.29, 0.717) is 12.1 Å². The second-order valence-corrected chi connectivity index (χ2v) is 6.80. The molecule has 0 spiro atoms. The van der Waals surface area contributed by atoms with Gasteiger partial charge in [0.15, 0.2) is 0 Å². The molecule has 1 N–H and O–H groups in total. The van der Waals surface area contributed by atoms with E-state index in [2.05, 4.69) is 11.4 Å². The second kappa shape index (κ2) is 8.00. The van der Waals surface area contributed by atoms with Gasteiger partial charge in [-0.15, -0.1) is 0 Å². The van der Waals surface area contributed by atoms with E-state index < -0.39 is 0 Å². The van der Waals surface area contributed by atoms with Crippen LogP contribution in [0, 0.1) is 11.3 Å². The smallest absolute Gasteiger partial charge is 0.104 e. The van der Waals surface area contributed by atoms with Gasteiger partial charge in [-0.1, -0.05) is 25.7 Å². The van der Waals surface area contributed by atoms with Gasteiger partial charge in [0.1, 0.15) is 5.54 Å². The van der Waals surface area contributed by atoms with Gasteiger partial charge in [0, 0.05) is 12.6 Å². The van der Waals surface area contributed by atoms with Gasteiger partial charge in [-0.2, -0.15) is 5.26 Å². The Morgan fingerprint density at radius 3 is 2.40 bits per heavy atom. The van der Waals surface area contributed by atoms with Crippen LogP contribution < -0.4 is 5.32 Å². The van der Waals surface area contributed by atoms with Crippen LogP contribution in [-0.4, -0.2) is 24.3 Å². The third kappa shape index (κ3) is 5.81. The Labute approximate surface area is 124 Å². The van der Waals surface area contributed by atoms with E-state index in [-0.39, 0.29) is 5.54 Å². The van der Waals surface area contributed by atoms with Gasteiger partial charge in [0.25, 0.3) is 0 Å². The average molecular weight is 278 g/mol. The van der Waals surface area contributed by atoms with Crippen molar-refractivity contribution in [1.29, 1.82) is 5.26 Å². The maximum Gasteiger partial charge on any atom is 0.104 e. The Balaban J connectivity index is 1.54. The van der Waals surface area contributed by atoms with Crippen LogP contribution in [0.25, 0.3) is 0 Å². The number of unbranched alkanes of at least 4 members (excludes halogenated alkanes) is 1. The van der Waals surface area contributed by atoms with Crippen molar-refractivity contribution < 1.29 is 4.74 Å². The third-order valence-electron chi connectivity index (χ3n) is 4.57. The van der Waals surface area contributed by atoms with E-state index in [1.165, 1.54) is 51.4 Å². The summed E-state index contributed by atoms with van der Waals surface area (Å²) in [5.41, 5.74) is -0.330. The van der Waals surface area contributed by atoms with Crippen LogP contribution in [0.5, 0.6) is 0 Å². The van der Waals surface area contributed by atoms with Crippen LogP contribution >= 0.6 is 0 Å². The molecule has 3 nitrogen and oxygen atoms in total. The largest absolute Gasteiger partial charge is 0.378 e. The number of rotatable bonds is 8. The van der Waals surface area contributed by atoms with Crippen molar-refractivity contribution in [3.8, 4) is 6.07 Å². The Morgan fingerprint density at radius 2 is 1.80 bits per heavy atom. The summed E-state index contributed by atoms with van der Waals surface area (Å²) in [5, 5.41) is 12.8. The maximum atomic E-state index is 9.31. The van der Waals surface area contributed by atoms with Crippen molar-refractivity contribution in [2.45, 2.75) is 95.2 Å². The molecule has 0 amide bonds. The van der Waals surface area contributed by atoms with Crippen molar-refractivity contribution in [3.05, 3.63) is 0 Å². The summed E-state index contributed by atoms with van der Waals surface area (Å²) >= 11 is 0. The summed E-state index contributed by atoms with van der Waals surface area (Å²) in [6, 6.07) is 3.05. The molecule has 114 valence electrons. The van der Waals surface area contributed by atoms with Crippen LogP contribution in [0.15, 0.2) is 0 Å². The van der Waals surface area contributed by atoms with Gasteiger partial charge >= 0.3 is 0 Å². The summed E-state index contributed by atoms with van der Waals surface area (Å²) < 4.78 is 6.00. The summed E-state index contributed by atoms with van der Waals surface area (Å²) in [6.45, 7) is 2.91. The van der Waals surface area contributed by atoms with Crippen LogP contribution in [0.2, 0.25) is 0 Å². The molecule has 2 aliphatic rings. The van der Waals surface area contributed by atoms with Gasteiger partial charge in [-0.05, 0) is 51.9 Å². The van der Waals surface area contributed by atoms with Crippen LogP contribution in [0.3, 0.4) is 0 Å². The third-order valence-corrected chi connectivity index (χ3v) is 4.57. The SMILES string of the molecule is CC(C#N)(CCCCOC1CCCCCC1)NC1CC1. The van der Waals surface area contributed by atoms with Gasteiger partial charge in [0.05, 0.1) is 12.2 Å². The number of ether oxygens (including phenoxy) is 1. The first-order valence-electron chi connectivity index (χ1n) is 8.52. The first-order valence-corrected chi connectivity index (χ1v) is 8.52. The zero-order valence-corrected chi connectivity index (χ0v) is 13.0. The average Bonchev–Trinajstić information content (AvgIpc) is 3.26.